The molecule has 2 N–H and O–H groups in total. The summed E-state index contributed by atoms with van der Waals surface area (Å²) in [4.78, 5) is 15.3. The van der Waals surface area contributed by atoms with E-state index in [1.165, 1.54) is 7.11 Å². The zero-order valence-corrected chi connectivity index (χ0v) is 11.8. The molecule has 0 saturated heterocycles. The zero-order chi connectivity index (χ0) is 14.3. The molecule has 0 spiro atoms. The van der Waals surface area contributed by atoms with Gasteiger partial charge in [0, 0.05) is 25.0 Å². The van der Waals surface area contributed by atoms with Crippen molar-refractivity contribution >= 4 is 11.7 Å². The highest BCUT2D eigenvalue weighted by atomic mass is 16.5. The fourth-order valence-corrected chi connectivity index (χ4v) is 1.74. The third-order valence-electron chi connectivity index (χ3n) is 2.94. The molecule has 0 radical (unpaired) electrons. The number of nitrogens with one attached hydrogen (secondary N) is 1. The van der Waals surface area contributed by atoms with Gasteiger partial charge >= 0.3 is 5.97 Å². The van der Waals surface area contributed by atoms with Gasteiger partial charge in [-0.2, -0.15) is 0 Å². The number of aliphatic hydroxyl groups excluding tert-OH is 1. The maximum atomic E-state index is 11.4. The van der Waals surface area contributed by atoms with Crippen LogP contribution in [0.5, 0.6) is 0 Å². The van der Waals surface area contributed by atoms with Gasteiger partial charge in [0.05, 0.1) is 7.11 Å². The number of carbonyl (C=O) groups is 1. The molecule has 0 unspecified atom stereocenters. The predicted octanol–water partition coefficient (Wildman–Crippen LogP) is 2.08. The number of hydrogen-bond acceptors (Lipinski definition) is 5. The topological polar surface area (TPSA) is 71.5 Å². The Balaban J connectivity index is 2.60. The minimum atomic E-state index is -0.441. The van der Waals surface area contributed by atoms with Crippen LogP contribution in [0.3, 0.4) is 0 Å². The third-order valence-corrected chi connectivity index (χ3v) is 2.94. The Kier molecular flexibility index (Phi) is 5.76. The van der Waals surface area contributed by atoms with E-state index in [2.05, 4.69) is 28.9 Å². The van der Waals surface area contributed by atoms with E-state index in [4.69, 9.17) is 5.11 Å². The van der Waals surface area contributed by atoms with Crippen molar-refractivity contribution in [3.63, 3.8) is 0 Å². The van der Waals surface area contributed by atoms with E-state index in [0.29, 0.717) is 5.69 Å². The fourth-order valence-electron chi connectivity index (χ4n) is 1.74. The molecule has 1 heterocycles. The summed E-state index contributed by atoms with van der Waals surface area (Å²) in [6.07, 6.45) is 3.30. The molecule has 0 bridgehead atoms. The van der Waals surface area contributed by atoms with Crippen LogP contribution in [0.25, 0.3) is 0 Å². The Labute approximate surface area is 114 Å². The highest BCUT2D eigenvalue weighted by Gasteiger charge is 2.17. The minimum absolute atomic E-state index is 0.0808. The first-order valence-corrected chi connectivity index (χ1v) is 6.37. The van der Waals surface area contributed by atoms with Crippen molar-refractivity contribution in [1.82, 2.24) is 4.98 Å². The Hall–Kier alpha value is -1.62. The molecule has 5 nitrogen and oxygen atoms in total. The summed E-state index contributed by atoms with van der Waals surface area (Å²) in [7, 11) is 1.34. The summed E-state index contributed by atoms with van der Waals surface area (Å²) in [5, 5.41) is 12.1. The lowest BCUT2D eigenvalue weighted by Gasteiger charge is -2.25. The van der Waals surface area contributed by atoms with Crippen LogP contribution < -0.4 is 5.32 Å². The average molecular weight is 266 g/mol. The number of nitrogens with zero attached hydrogens (tertiary/aromatic N) is 1. The molecule has 0 fully saturated rings. The molecule has 0 aliphatic heterocycles. The summed E-state index contributed by atoms with van der Waals surface area (Å²) in [6, 6.07) is 3.49. The van der Waals surface area contributed by atoms with Gasteiger partial charge in [-0.25, -0.2) is 9.78 Å². The van der Waals surface area contributed by atoms with Crippen molar-refractivity contribution in [2.24, 2.45) is 5.41 Å². The molecular weight excluding hydrogens is 244 g/mol. The first kappa shape index (κ1) is 15.4. The molecule has 106 valence electrons. The lowest BCUT2D eigenvalue weighted by Crippen LogP contribution is -2.23. The monoisotopic (exact) mass is 266 g/mol. The van der Waals surface area contributed by atoms with Gasteiger partial charge in [0.25, 0.3) is 0 Å². The number of hydrogen-bond donors (Lipinski definition) is 2. The highest BCUT2D eigenvalue weighted by Crippen LogP contribution is 2.23. The number of aliphatic hydroxyl groups is 1. The molecule has 0 atom stereocenters. The predicted molar refractivity (Wildman–Crippen MR) is 74.2 cm³/mol. The summed E-state index contributed by atoms with van der Waals surface area (Å²) in [6.45, 7) is 5.25. The summed E-state index contributed by atoms with van der Waals surface area (Å²) >= 11 is 0. The van der Waals surface area contributed by atoms with Crippen LogP contribution in [-0.4, -0.2) is 36.3 Å². The van der Waals surface area contributed by atoms with E-state index in [1.54, 1.807) is 12.3 Å². The van der Waals surface area contributed by atoms with Gasteiger partial charge in [0.1, 0.15) is 5.69 Å². The van der Waals surface area contributed by atoms with Crippen molar-refractivity contribution in [3.8, 4) is 0 Å². The molecular formula is C14H22N2O3. The van der Waals surface area contributed by atoms with Gasteiger partial charge in [0.2, 0.25) is 0 Å². The molecule has 19 heavy (non-hydrogen) atoms. The van der Waals surface area contributed by atoms with Crippen LogP contribution in [0.2, 0.25) is 0 Å². The molecule has 5 heteroatoms. The number of rotatable bonds is 7. The smallest absolute Gasteiger partial charge is 0.356 e. The van der Waals surface area contributed by atoms with E-state index >= 15 is 0 Å². The highest BCUT2D eigenvalue weighted by molar-refractivity contribution is 5.88. The standard InChI is InChI=1S/C14H22N2O3/c1-14(2,6-4-8-17)10-16-11-5-7-15-12(9-11)13(18)19-3/h5,7,9,17H,4,6,8,10H2,1-3H3,(H,15,16). The number of pyridine rings is 1. The van der Waals surface area contributed by atoms with Crippen molar-refractivity contribution < 1.29 is 14.6 Å². The second kappa shape index (κ2) is 7.09. The molecule has 0 aromatic carbocycles. The van der Waals surface area contributed by atoms with Gasteiger partial charge in [-0.1, -0.05) is 13.8 Å². The van der Waals surface area contributed by atoms with E-state index in [-0.39, 0.29) is 12.0 Å². The lowest BCUT2D eigenvalue weighted by atomic mass is 9.88. The Bertz CT molecular complexity index is 419. The van der Waals surface area contributed by atoms with Crippen molar-refractivity contribution in [2.75, 3.05) is 25.6 Å². The van der Waals surface area contributed by atoms with Gasteiger partial charge in [-0.3, -0.25) is 0 Å². The quantitative estimate of drug-likeness (QED) is 0.739. The molecule has 0 aliphatic carbocycles. The van der Waals surface area contributed by atoms with Crippen LogP contribution in [0.15, 0.2) is 18.3 Å². The largest absolute Gasteiger partial charge is 0.464 e. The minimum Gasteiger partial charge on any atom is -0.464 e. The summed E-state index contributed by atoms with van der Waals surface area (Å²) < 4.78 is 4.63. The zero-order valence-electron chi connectivity index (χ0n) is 11.8. The van der Waals surface area contributed by atoms with Crippen LogP contribution in [0.4, 0.5) is 5.69 Å². The molecule has 0 amide bonds. The Morgan fingerprint density at radius 3 is 2.89 bits per heavy atom. The maximum Gasteiger partial charge on any atom is 0.356 e. The molecule has 0 saturated carbocycles. The van der Waals surface area contributed by atoms with Crippen LogP contribution in [0.1, 0.15) is 37.2 Å². The van der Waals surface area contributed by atoms with E-state index in [9.17, 15) is 4.79 Å². The van der Waals surface area contributed by atoms with Gasteiger partial charge in [-0.15, -0.1) is 0 Å². The number of anilines is 1. The molecule has 0 aliphatic rings. The van der Waals surface area contributed by atoms with Crippen molar-refractivity contribution in [1.29, 1.82) is 0 Å². The Morgan fingerprint density at radius 1 is 1.53 bits per heavy atom. The average Bonchev–Trinajstić information content (AvgIpc) is 2.42. The lowest BCUT2D eigenvalue weighted by molar-refractivity contribution is 0.0594. The number of aromatic nitrogens is 1. The first-order valence-electron chi connectivity index (χ1n) is 6.37. The second-order valence-corrected chi connectivity index (χ2v) is 5.27. The summed E-state index contributed by atoms with van der Waals surface area (Å²) in [5.74, 6) is -0.441. The van der Waals surface area contributed by atoms with E-state index in [1.807, 2.05) is 6.07 Å². The molecule has 1 rings (SSSR count). The first-order chi connectivity index (χ1) is 8.98. The molecule has 1 aromatic heterocycles. The maximum absolute atomic E-state index is 11.4. The van der Waals surface area contributed by atoms with Crippen molar-refractivity contribution in [2.45, 2.75) is 26.7 Å². The van der Waals surface area contributed by atoms with Gasteiger partial charge < -0.3 is 15.2 Å². The van der Waals surface area contributed by atoms with Gasteiger partial charge in [0.15, 0.2) is 0 Å². The molecule has 1 aromatic rings. The van der Waals surface area contributed by atoms with Gasteiger partial charge in [-0.05, 0) is 30.4 Å². The fraction of sp³-hybridized carbons (Fsp3) is 0.571. The normalized spacial score (nSPS) is 11.2. The van der Waals surface area contributed by atoms with Crippen LogP contribution in [-0.2, 0) is 4.74 Å². The Morgan fingerprint density at radius 2 is 2.26 bits per heavy atom. The van der Waals surface area contributed by atoms with Crippen LogP contribution in [0, 0.1) is 5.41 Å². The SMILES string of the molecule is COC(=O)c1cc(NCC(C)(C)CCCO)ccn1. The number of ether oxygens (including phenoxy) is 1. The number of esters is 1. The number of methoxy groups -OCH3 is 1. The van der Waals surface area contributed by atoms with E-state index < -0.39 is 5.97 Å². The number of carbonyl (C=O) groups excluding carboxylic acids is 1. The third kappa shape index (κ3) is 5.26. The summed E-state index contributed by atoms with van der Waals surface area (Å²) in [5.41, 5.74) is 1.21. The van der Waals surface area contributed by atoms with E-state index in [0.717, 1.165) is 25.1 Å². The van der Waals surface area contributed by atoms with Crippen LogP contribution >= 0.6 is 0 Å². The van der Waals surface area contributed by atoms with Crippen molar-refractivity contribution in [3.05, 3.63) is 24.0 Å². The second-order valence-electron chi connectivity index (χ2n) is 5.27.